The molecule has 0 radical (unpaired) electrons. The lowest BCUT2D eigenvalue weighted by Gasteiger charge is -2.33. The first-order valence-electron chi connectivity index (χ1n) is 8.94. The van der Waals surface area contributed by atoms with Gasteiger partial charge in [0.25, 0.3) is 0 Å². The molecule has 2 aromatic carbocycles. The molecule has 28 heavy (non-hydrogen) atoms. The summed E-state index contributed by atoms with van der Waals surface area (Å²) in [5.74, 6) is -0.613. The Morgan fingerprint density at radius 2 is 1.93 bits per heavy atom. The third-order valence-corrected chi connectivity index (χ3v) is 5.00. The topological polar surface area (TPSA) is 59.6 Å². The molecule has 150 valence electrons. The Morgan fingerprint density at radius 1 is 1.11 bits per heavy atom. The standard InChI is InChI=1S/C20H20F2N2O3.ClH/c21-15-3-2-13(9-16(15)22)14-5-6-23-10-17(14)24-20(25)8-12-1-4-18-19(7-12)27-11-26-18;/h1-4,7,9,14,17,23H,5-6,8,10-11H2,(H,24,25);1H. The number of rotatable bonds is 4. The molecule has 0 aliphatic carbocycles. The number of piperidine rings is 1. The highest BCUT2D eigenvalue weighted by molar-refractivity contribution is 5.85. The van der Waals surface area contributed by atoms with Crippen LogP contribution in [0.2, 0.25) is 0 Å². The molecule has 1 fully saturated rings. The Labute approximate surface area is 167 Å². The van der Waals surface area contributed by atoms with Gasteiger partial charge in [0.15, 0.2) is 23.1 Å². The Bertz CT molecular complexity index is 865. The summed E-state index contributed by atoms with van der Waals surface area (Å²) in [5.41, 5.74) is 1.52. The Balaban J connectivity index is 0.00000225. The first-order valence-corrected chi connectivity index (χ1v) is 8.94. The molecule has 0 saturated carbocycles. The minimum Gasteiger partial charge on any atom is -0.454 e. The summed E-state index contributed by atoms with van der Waals surface area (Å²) in [6, 6.07) is 9.18. The highest BCUT2D eigenvalue weighted by Gasteiger charge is 2.28. The Hall–Kier alpha value is -2.38. The van der Waals surface area contributed by atoms with Crippen molar-refractivity contribution in [3.63, 3.8) is 0 Å². The van der Waals surface area contributed by atoms with Crippen LogP contribution >= 0.6 is 12.4 Å². The van der Waals surface area contributed by atoms with E-state index in [4.69, 9.17) is 9.47 Å². The monoisotopic (exact) mass is 410 g/mol. The summed E-state index contributed by atoms with van der Waals surface area (Å²) in [7, 11) is 0. The van der Waals surface area contributed by atoms with Crippen LogP contribution in [-0.4, -0.2) is 31.8 Å². The highest BCUT2D eigenvalue weighted by Crippen LogP contribution is 2.32. The highest BCUT2D eigenvalue weighted by atomic mass is 35.5. The number of benzene rings is 2. The molecule has 2 N–H and O–H groups in total. The van der Waals surface area contributed by atoms with Gasteiger partial charge in [-0.2, -0.15) is 0 Å². The molecule has 2 unspecified atom stereocenters. The first-order chi connectivity index (χ1) is 13.1. The summed E-state index contributed by atoms with van der Waals surface area (Å²) < 4.78 is 37.5. The zero-order chi connectivity index (χ0) is 18.8. The summed E-state index contributed by atoms with van der Waals surface area (Å²) in [6.45, 7) is 1.53. The maximum atomic E-state index is 13.6. The molecule has 5 nitrogen and oxygen atoms in total. The third-order valence-electron chi connectivity index (χ3n) is 5.00. The van der Waals surface area contributed by atoms with Crippen LogP contribution in [0.3, 0.4) is 0 Å². The molecule has 0 aromatic heterocycles. The van der Waals surface area contributed by atoms with Crippen LogP contribution in [0.1, 0.15) is 23.5 Å². The second-order valence-electron chi connectivity index (χ2n) is 6.81. The normalized spacial score (nSPS) is 20.4. The van der Waals surface area contributed by atoms with Crippen molar-refractivity contribution in [1.29, 1.82) is 0 Å². The number of ether oxygens (including phenoxy) is 2. The van der Waals surface area contributed by atoms with E-state index in [1.165, 1.54) is 6.07 Å². The number of hydrogen-bond acceptors (Lipinski definition) is 4. The maximum Gasteiger partial charge on any atom is 0.231 e. The van der Waals surface area contributed by atoms with Crippen molar-refractivity contribution in [3.05, 3.63) is 59.2 Å². The maximum absolute atomic E-state index is 13.6. The second-order valence-corrected chi connectivity index (χ2v) is 6.81. The molecule has 2 aromatic rings. The van der Waals surface area contributed by atoms with Crippen molar-refractivity contribution in [2.24, 2.45) is 0 Å². The minimum absolute atomic E-state index is 0. The van der Waals surface area contributed by atoms with Crippen molar-refractivity contribution < 1.29 is 23.0 Å². The molecule has 4 rings (SSSR count). The van der Waals surface area contributed by atoms with Crippen LogP contribution in [0.5, 0.6) is 11.5 Å². The number of amides is 1. The molecule has 2 atom stereocenters. The van der Waals surface area contributed by atoms with Crippen molar-refractivity contribution in [1.82, 2.24) is 10.6 Å². The number of carbonyl (C=O) groups excluding carboxylic acids is 1. The molecule has 2 aliphatic heterocycles. The van der Waals surface area contributed by atoms with Crippen LogP contribution in [-0.2, 0) is 11.2 Å². The van der Waals surface area contributed by atoms with Gasteiger partial charge in [-0.3, -0.25) is 4.79 Å². The van der Waals surface area contributed by atoms with Crippen molar-refractivity contribution in [3.8, 4) is 11.5 Å². The molecule has 2 aliphatic rings. The number of halogens is 3. The van der Waals surface area contributed by atoms with Gasteiger partial charge in [0.1, 0.15) is 0 Å². The third kappa shape index (κ3) is 4.36. The van der Waals surface area contributed by atoms with Gasteiger partial charge in [0, 0.05) is 18.5 Å². The van der Waals surface area contributed by atoms with Crippen molar-refractivity contribution in [2.75, 3.05) is 19.9 Å². The molecule has 1 amide bonds. The summed E-state index contributed by atoms with van der Waals surface area (Å²) in [4.78, 5) is 12.5. The van der Waals surface area contributed by atoms with Crippen molar-refractivity contribution >= 4 is 18.3 Å². The molecule has 0 spiro atoms. The number of fused-ring (bicyclic) bond motifs is 1. The van der Waals surface area contributed by atoms with E-state index in [0.717, 1.165) is 24.6 Å². The summed E-state index contributed by atoms with van der Waals surface area (Å²) >= 11 is 0. The van der Waals surface area contributed by atoms with Gasteiger partial charge in [-0.25, -0.2) is 8.78 Å². The second kappa shape index (κ2) is 8.75. The first kappa shape index (κ1) is 20.4. The van der Waals surface area contributed by atoms with E-state index >= 15 is 0 Å². The van der Waals surface area contributed by atoms with Gasteiger partial charge >= 0.3 is 0 Å². The molecular weight excluding hydrogens is 390 g/mol. The number of carbonyl (C=O) groups is 1. The van der Waals surface area contributed by atoms with Crippen LogP contribution in [0, 0.1) is 11.6 Å². The molecular formula is C20H21ClF2N2O3. The van der Waals surface area contributed by atoms with Gasteiger partial charge < -0.3 is 20.1 Å². The van der Waals surface area contributed by atoms with E-state index < -0.39 is 11.6 Å². The predicted molar refractivity (Wildman–Crippen MR) is 102 cm³/mol. The van der Waals surface area contributed by atoms with Crippen LogP contribution in [0.25, 0.3) is 0 Å². The van der Waals surface area contributed by atoms with Gasteiger partial charge in [-0.15, -0.1) is 12.4 Å². The van der Waals surface area contributed by atoms with E-state index in [-0.39, 0.29) is 43.5 Å². The average Bonchev–Trinajstić information content (AvgIpc) is 3.12. The lowest BCUT2D eigenvalue weighted by molar-refractivity contribution is -0.121. The SMILES string of the molecule is Cl.O=C(Cc1ccc2c(c1)OCO2)NC1CNCCC1c1ccc(F)c(F)c1. The Morgan fingerprint density at radius 3 is 2.75 bits per heavy atom. The lowest BCUT2D eigenvalue weighted by Crippen LogP contribution is -2.50. The van der Waals surface area contributed by atoms with Crippen LogP contribution < -0.4 is 20.1 Å². The number of hydrogen-bond donors (Lipinski definition) is 2. The van der Waals surface area contributed by atoms with E-state index in [0.29, 0.717) is 23.6 Å². The fourth-order valence-electron chi connectivity index (χ4n) is 3.65. The summed E-state index contributed by atoms with van der Waals surface area (Å²) in [6.07, 6.45) is 0.942. The molecule has 1 saturated heterocycles. The number of nitrogens with one attached hydrogen (secondary N) is 2. The minimum atomic E-state index is -0.865. The average molecular weight is 411 g/mol. The lowest BCUT2D eigenvalue weighted by atomic mass is 9.86. The molecule has 2 heterocycles. The van der Waals surface area contributed by atoms with Gasteiger partial charge in [-0.1, -0.05) is 12.1 Å². The van der Waals surface area contributed by atoms with Crippen LogP contribution in [0.15, 0.2) is 36.4 Å². The van der Waals surface area contributed by atoms with E-state index in [1.54, 1.807) is 18.2 Å². The fraction of sp³-hybridized carbons (Fsp3) is 0.350. The van der Waals surface area contributed by atoms with E-state index in [9.17, 15) is 13.6 Å². The van der Waals surface area contributed by atoms with Gasteiger partial charge in [-0.05, 0) is 48.4 Å². The van der Waals surface area contributed by atoms with Crippen molar-refractivity contribution in [2.45, 2.75) is 24.8 Å². The fourth-order valence-corrected chi connectivity index (χ4v) is 3.65. The van der Waals surface area contributed by atoms with E-state index in [1.807, 2.05) is 6.07 Å². The smallest absolute Gasteiger partial charge is 0.231 e. The largest absolute Gasteiger partial charge is 0.454 e. The zero-order valence-corrected chi connectivity index (χ0v) is 15.9. The Kier molecular flexibility index (Phi) is 6.36. The summed E-state index contributed by atoms with van der Waals surface area (Å²) in [5, 5.41) is 6.27. The quantitative estimate of drug-likeness (QED) is 0.813. The van der Waals surface area contributed by atoms with Gasteiger partial charge in [0.2, 0.25) is 12.7 Å². The van der Waals surface area contributed by atoms with E-state index in [2.05, 4.69) is 10.6 Å². The van der Waals surface area contributed by atoms with Crippen LogP contribution in [0.4, 0.5) is 8.78 Å². The zero-order valence-electron chi connectivity index (χ0n) is 15.0. The van der Waals surface area contributed by atoms with Gasteiger partial charge in [0.05, 0.1) is 6.42 Å². The molecule has 8 heteroatoms. The molecule has 0 bridgehead atoms. The predicted octanol–water partition coefficient (Wildman–Crippen LogP) is 2.92.